The minimum Gasteiger partial charge on any atom is -0.462 e. The average molecular weight is 392 g/mol. The van der Waals surface area contributed by atoms with E-state index in [4.69, 9.17) is 4.74 Å². The number of aliphatic hydroxyl groups excluding tert-OH is 1. The predicted octanol–water partition coefficient (Wildman–Crippen LogP) is 3.03. The van der Waals surface area contributed by atoms with E-state index in [1.54, 1.807) is 6.92 Å². The molecule has 1 unspecified atom stereocenters. The zero-order chi connectivity index (χ0) is 19.3. The number of nitrogens with zero attached hydrogens (tertiary/aromatic N) is 2. The summed E-state index contributed by atoms with van der Waals surface area (Å²) in [7, 11) is 0. The highest BCUT2D eigenvalue weighted by Crippen LogP contribution is 2.48. The number of hydrogen-bond donors (Lipinski definition) is 1. The van der Waals surface area contributed by atoms with Crippen LogP contribution >= 0.6 is 11.8 Å². The number of carbonyl (C=O) groups is 1. The van der Waals surface area contributed by atoms with Crippen molar-refractivity contribution in [2.24, 2.45) is 0 Å². The Kier molecular flexibility index (Phi) is 4.63. The van der Waals surface area contributed by atoms with Gasteiger partial charge in [0.05, 0.1) is 40.2 Å². The van der Waals surface area contributed by atoms with Gasteiger partial charge in [0.25, 0.3) is 0 Å². The number of carbonyl (C=O) groups excluding carboxylic acids is 1. The molecule has 0 amide bonds. The molecule has 1 aromatic carbocycles. The number of hydrogen-bond acceptors (Lipinski definition) is 6. The van der Waals surface area contributed by atoms with Crippen LogP contribution in [-0.2, 0) is 11.3 Å². The first-order chi connectivity index (χ1) is 13.0. The minimum absolute atomic E-state index is 0.0292. The van der Waals surface area contributed by atoms with Crippen LogP contribution in [0, 0.1) is 5.82 Å². The quantitative estimate of drug-likeness (QED) is 0.807. The molecule has 1 saturated heterocycles. The van der Waals surface area contributed by atoms with Crippen molar-refractivity contribution in [1.82, 2.24) is 4.57 Å². The Balaban J connectivity index is 2.07. The van der Waals surface area contributed by atoms with Crippen LogP contribution in [0.3, 0.4) is 0 Å². The van der Waals surface area contributed by atoms with Crippen molar-refractivity contribution in [3.63, 3.8) is 0 Å². The van der Waals surface area contributed by atoms with Gasteiger partial charge in [0.15, 0.2) is 0 Å². The summed E-state index contributed by atoms with van der Waals surface area (Å²) in [4.78, 5) is 27.3. The molecule has 6 nitrogen and oxygen atoms in total. The number of anilines is 1. The maximum Gasteiger partial charge on any atom is 0.344 e. The maximum absolute atomic E-state index is 15.0. The molecule has 0 radical (unpaired) electrons. The number of esters is 1. The second-order valence-corrected chi connectivity index (χ2v) is 8.06. The molecule has 1 fully saturated rings. The van der Waals surface area contributed by atoms with Crippen molar-refractivity contribution in [3.8, 4) is 0 Å². The summed E-state index contributed by atoms with van der Waals surface area (Å²) in [5.74, 6) is -1.23. The third-order valence-corrected chi connectivity index (χ3v) is 6.35. The molecule has 1 aromatic heterocycles. The largest absolute Gasteiger partial charge is 0.462 e. The van der Waals surface area contributed by atoms with Gasteiger partial charge in [-0.1, -0.05) is 11.8 Å². The Morgan fingerprint density at radius 1 is 1.41 bits per heavy atom. The fraction of sp³-hybridized carbons (Fsp3) is 0.474. The van der Waals surface area contributed by atoms with Crippen LogP contribution in [0.25, 0.3) is 10.9 Å². The van der Waals surface area contributed by atoms with E-state index in [0.29, 0.717) is 21.8 Å². The third kappa shape index (κ3) is 2.65. The summed E-state index contributed by atoms with van der Waals surface area (Å²) >= 11 is 1.40. The molecule has 4 rings (SSSR count). The minimum atomic E-state index is -0.692. The van der Waals surface area contributed by atoms with Gasteiger partial charge in [-0.2, -0.15) is 0 Å². The van der Waals surface area contributed by atoms with E-state index in [0.717, 1.165) is 25.9 Å². The zero-order valence-corrected chi connectivity index (χ0v) is 16.1. The van der Waals surface area contributed by atoms with Crippen LogP contribution in [0.4, 0.5) is 10.1 Å². The summed E-state index contributed by atoms with van der Waals surface area (Å²) < 4.78 is 21.9. The van der Waals surface area contributed by atoms with E-state index >= 15 is 4.39 Å². The van der Waals surface area contributed by atoms with Gasteiger partial charge >= 0.3 is 5.97 Å². The van der Waals surface area contributed by atoms with Gasteiger partial charge in [-0.05, 0) is 32.8 Å². The van der Waals surface area contributed by atoms with Crippen LogP contribution in [0.5, 0.6) is 0 Å². The Morgan fingerprint density at radius 2 is 2.11 bits per heavy atom. The van der Waals surface area contributed by atoms with Crippen molar-refractivity contribution < 1.29 is 19.0 Å². The number of benzene rings is 1. The van der Waals surface area contributed by atoms with Crippen molar-refractivity contribution in [2.75, 3.05) is 24.6 Å². The maximum atomic E-state index is 15.0. The normalized spacial score (nSPS) is 18.5. The number of aliphatic hydroxyl groups is 1. The molecule has 0 bridgehead atoms. The molecule has 144 valence electrons. The van der Waals surface area contributed by atoms with Gasteiger partial charge in [-0.15, -0.1) is 0 Å². The van der Waals surface area contributed by atoms with Gasteiger partial charge in [-0.3, -0.25) is 4.79 Å². The lowest BCUT2D eigenvalue weighted by Crippen LogP contribution is -2.31. The van der Waals surface area contributed by atoms with E-state index in [-0.39, 0.29) is 29.5 Å². The molecule has 8 heteroatoms. The molecular formula is C19H21FN2O4S. The second-order valence-electron chi connectivity index (χ2n) is 6.75. The Hall–Kier alpha value is -2.06. The highest BCUT2D eigenvalue weighted by molar-refractivity contribution is 8.00. The Bertz CT molecular complexity index is 998. The number of pyridine rings is 1. The van der Waals surface area contributed by atoms with Gasteiger partial charge in [0.2, 0.25) is 5.43 Å². The van der Waals surface area contributed by atoms with Crippen LogP contribution < -0.4 is 10.3 Å². The summed E-state index contributed by atoms with van der Waals surface area (Å²) in [6.07, 6.45) is 1.93. The average Bonchev–Trinajstić information content (AvgIpc) is 3.15. The lowest BCUT2D eigenvalue weighted by atomic mass is 10.0. The molecule has 0 aliphatic carbocycles. The summed E-state index contributed by atoms with van der Waals surface area (Å²) in [6.45, 7) is 4.83. The predicted molar refractivity (Wildman–Crippen MR) is 102 cm³/mol. The molecule has 2 aromatic rings. The highest BCUT2D eigenvalue weighted by Gasteiger charge is 2.36. The van der Waals surface area contributed by atoms with Gasteiger partial charge < -0.3 is 19.3 Å². The van der Waals surface area contributed by atoms with Crippen LogP contribution in [-0.4, -0.2) is 35.3 Å². The van der Waals surface area contributed by atoms with Crippen molar-refractivity contribution in [3.05, 3.63) is 33.2 Å². The van der Waals surface area contributed by atoms with Gasteiger partial charge in [0, 0.05) is 18.7 Å². The number of fused-ring (bicyclic) bond motifs is 3. The summed E-state index contributed by atoms with van der Waals surface area (Å²) in [6, 6.07) is 1.20. The van der Waals surface area contributed by atoms with Crippen LogP contribution in [0.15, 0.2) is 15.9 Å². The fourth-order valence-electron chi connectivity index (χ4n) is 4.03. The van der Waals surface area contributed by atoms with E-state index in [9.17, 15) is 14.7 Å². The SMILES string of the molecule is CCOC(=O)c1c2n(c3c(CO)c(N4CCCC4)c(F)cc3c1=O)C(C)S2. The highest BCUT2D eigenvalue weighted by atomic mass is 32.2. The summed E-state index contributed by atoms with van der Waals surface area (Å²) in [5, 5.41) is 10.7. The third-order valence-electron chi connectivity index (χ3n) is 5.18. The number of aromatic nitrogens is 1. The van der Waals surface area contributed by atoms with Crippen LogP contribution in [0.2, 0.25) is 0 Å². The number of thioether (sulfide) groups is 1. The molecule has 2 aliphatic rings. The number of ether oxygens (including phenoxy) is 1. The van der Waals surface area contributed by atoms with Crippen LogP contribution in [0.1, 0.15) is 48.0 Å². The molecule has 0 saturated carbocycles. The Morgan fingerprint density at radius 3 is 2.70 bits per heavy atom. The molecule has 0 spiro atoms. The first kappa shape index (κ1) is 18.3. The topological polar surface area (TPSA) is 71.8 Å². The van der Waals surface area contributed by atoms with E-state index in [2.05, 4.69) is 0 Å². The summed E-state index contributed by atoms with van der Waals surface area (Å²) in [5.41, 5.74) is 0.692. The molecule has 3 heterocycles. The fourth-order valence-corrected chi connectivity index (χ4v) is 5.16. The van der Waals surface area contributed by atoms with E-state index < -0.39 is 17.2 Å². The van der Waals surface area contributed by atoms with E-state index in [1.165, 1.54) is 17.8 Å². The van der Waals surface area contributed by atoms with E-state index in [1.807, 2.05) is 16.4 Å². The Labute approximate surface area is 159 Å². The van der Waals surface area contributed by atoms with Gasteiger partial charge in [0.1, 0.15) is 11.4 Å². The molecule has 27 heavy (non-hydrogen) atoms. The standard InChI is InChI=1S/C19H21FN2O4S/c1-3-26-19(25)14-17(24)11-8-13(20)16(21-6-4-5-7-21)12(9-23)15(11)22-10(2)27-18(14)22/h8,10,23H,3-7,9H2,1-2H3. The second kappa shape index (κ2) is 6.83. The lowest BCUT2D eigenvalue weighted by molar-refractivity contribution is 0.0518. The number of rotatable bonds is 4. The first-order valence-electron chi connectivity index (χ1n) is 9.12. The van der Waals surface area contributed by atoms with Crippen molar-refractivity contribution in [2.45, 2.75) is 43.7 Å². The molecule has 2 aliphatic heterocycles. The lowest BCUT2D eigenvalue weighted by Gasteiger charge is -2.34. The molecular weight excluding hydrogens is 371 g/mol. The zero-order valence-electron chi connectivity index (χ0n) is 15.2. The smallest absolute Gasteiger partial charge is 0.344 e. The molecule has 1 atom stereocenters. The number of halogens is 1. The monoisotopic (exact) mass is 392 g/mol. The van der Waals surface area contributed by atoms with Gasteiger partial charge in [-0.25, -0.2) is 9.18 Å². The van der Waals surface area contributed by atoms with Crippen molar-refractivity contribution in [1.29, 1.82) is 0 Å². The first-order valence-corrected chi connectivity index (χ1v) is 10.0. The molecule has 1 N–H and O–H groups in total. The van der Waals surface area contributed by atoms with Crippen molar-refractivity contribution >= 4 is 34.3 Å².